The number of nitrogens with zero attached hydrogens (tertiary/aromatic N) is 2. The molecule has 144 valence electrons. The van der Waals surface area contributed by atoms with E-state index in [0.717, 1.165) is 16.9 Å². The van der Waals surface area contributed by atoms with Crippen LogP contribution in [0, 0.1) is 6.92 Å². The Labute approximate surface area is 164 Å². The third-order valence-electron chi connectivity index (χ3n) is 4.04. The highest BCUT2D eigenvalue weighted by atomic mass is 16.5. The topological polar surface area (TPSA) is 73.3 Å². The van der Waals surface area contributed by atoms with Gasteiger partial charge < -0.3 is 14.8 Å². The third kappa shape index (κ3) is 5.30. The van der Waals surface area contributed by atoms with Crippen molar-refractivity contribution in [3.8, 4) is 17.5 Å². The Hall–Kier alpha value is -3.41. The summed E-state index contributed by atoms with van der Waals surface area (Å²) in [5, 5.41) is 2.82. The number of anilines is 1. The van der Waals surface area contributed by atoms with Gasteiger partial charge in [0, 0.05) is 18.1 Å². The molecule has 6 nitrogen and oxygen atoms in total. The molecule has 0 atom stereocenters. The van der Waals surface area contributed by atoms with E-state index in [9.17, 15) is 4.79 Å². The van der Waals surface area contributed by atoms with Crippen LogP contribution >= 0.6 is 0 Å². The fourth-order valence-corrected chi connectivity index (χ4v) is 2.63. The van der Waals surface area contributed by atoms with Gasteiger partial charge in [0.05, 0.1) is 0 Å². The number of hydrogen-bond acceptors (Lipinski definition) is 5. The van der Waals surface area contributed by atoms with Crippen LogP contribution in [0.2, 0.25) is 0 Å². The molecule has 0 saturated carbocycles. The first-order chi connectivity index (χ1) is 13.5. The van der Waals surface area contributed by atoms with E-state index >= 15 is 0 Å². The smallest absolute Gasteiger partial charge is 0.321 e. The van der Waals surface area contributed by atoms with Gasteiger partial charge in [0.25, 0.3) is 5.91 Å². The summed E-state index contributed by atoms with van der Waals surface area (Å²) in [6.45, 7) is 6.14. The zero-order valence-corrected chi connectivity index (χ0v) is 16.2. The summed E-state index contributed by atoms with van der Waals surface area (Å²) >= 11 is 0. The quantitative estimate of drug-likeness (QED) is 0.645. The largest absolute Gasteiger partial charge is 0.483 e. The van der Waals surface area contributed by atoms with E-state index in [2.05, 4.69) is 29.1 Å². The SMILES string of the molecule is Cc1ccc(C(C)C)c(OCC(=O)Nc2ccc(Oc3ncccn3)cc2)c1. The van der Waals surface area contributed by atoms with Gasteiger partial charge in [0.2, 0.25) is 0 Å². The number of hydrogen-bond donors (Lipinski definition) is 1. The highest BCUT2D eigenvalue weighted by Gasteiger charge is 2.10. The molecule has 0 radical (unpaired) electrons. The highest BCUT2D eigenvalue weighted by molar-refractivity contribution is 5.91. The fraction of sp³-hybridized carbons (Fsp3) is 0.227. The number of rotatable bonds is 7. The van der Waals surface area contributed by atoms with E-state index in [0.29, 0.717) is 17.4 Å². The van der Waals surface area contributed by atoms with E-state index in [1.807, 2.05) is 25.1 Å². The van der Waals surface area contributed by atoms with Gasteiger partial charge in [0.15, 0.2) is 6.61 Å². The molecule has 0 aliphatic heterocycles. The van der Waals surface area contributed by atoms with Gasteiger partial charge in [-0.3, -0.25) is 4.79 Å². The Bertz CT molecular complexity index is 926. The maximum atomic E-state index is 12.2. The first-order valence-electron chi connectivity index (χ1n) is 9.09. The van der Waals surface area contributed by atoms with Gasteiger partial charge in [-0.15, -0.1) is 0 Å². The van der Waals surface area contributed by atoms with Gasteiger partial charge in [0.1, 0.15) is 11.5 Å². The first kappa shape index (κ1) is 19.4. The minimum atomic E-state index is -0.226. The van der Waals surface area contributed by atoms with Crippen LogP contribution < -0.4 is 14.8 Å². The standard InChI is InChI=1S/C22H23N3O3/c1-15(2)19-10-5-16(3)13-20(19)27-14-21(26)25-17-6-8-18(9-7-17)28-22-23-11-4-12-24-22/h4-13,15H,14H2,1-3H3,(H,25,26). The molecule has 0 unspecified atom stereocenters. The fourth-order valence-electron chi connectivity index (χ4n) is 2.63. The molecule has 0 bridgehead atoms. The van der Waals surface area contributed by atoms with E-state index < -0.39 is 0 Å². The molecular weight excluding hydrogens is 354 g/mol. The summed E-state index contributed by atoms with van der Waals surface area (Å²) in [7, 11) is 0. The van der Waals surface area contributed by atoms with Crippen molar-refractivity contribution in [3.05, 3.63) is 72.1 Å². The zero-order valence-electron chi connectivity index (χ0n) is 16.2. The van der Waals surface area contributed by atoms with Crippen LogP contribution in [0.1, 0.15) is 30.9 Å². The summed E-state index contributed by atoms with van der Waals surface area (Å²) in [5.74, 6) is 1.43. The Kier molecular flexibility index (Phi) is 6.22. The van der Waals surface area contributed by atoms with Crippen molar-refractivity contribution in [3.63, 3.8) is 0 Å². The Morgan fingerprint density at radius 2 is 1.79 bits per heavy atom. The molecular formula is C22H23N3O3. The molecule has 3 rings (SSSR count). The highest BCUT2D eigenvalue weighted by Crippen LogP contribution is 2.27. The van der Waals surface area contributed by atoms with Crippen LogP contribution in [-0.2, 0) is 4.79 Å². The van der Waals surface area contributed by atoms with Crippen molar-refractivity contribution in [2.24, 2.45) is 0 Å². The number of carbonyl (C=O) groups is 1. The third-order valence-corrected chi connectivity index (χ3v) is 4.04. The minimum Gasteiger partial charge on any atom is -0.483 e. The van der Waals surface area contributed by atoms with Gasteiger partial charge in [-0.2, -0.15) is 0 Å². The zero-order chi connectivity index (χ0) is 19.9. The number of ether oxygens (including phenoxy) is 2. The van der Waals surface area contributed by atoms with Crippen LogP contribution in [0.4, 0.5) is 5.69 Å². The number of nitrogens with one attached hydrogen (secondary N) is 1. The first-order valence-corrected chi connectivity index (χ1v) is 9.09. The van der Waals surface area contributed by atoms with Crippen LogP contribution in [0.15, 0.2) is 60.9 Å². The minimum absolute atomic E-state index is 0.0563. The number of amides is 1. The van der Waals surface area contributed by atoms with E-state index in [1.54, 1.807) is 42.7 Å². The van der Waals surface area contributed by atoms with Crippen molar-refractivity contribution in [1.29, 1.82) is 0 Å². The Morgan fingerprint density at radius 1 is 1.07 bits per heavy atom. The maximum Gasteiger partial charge on any atom is 0.321 e. The van der Waals surface area contributed by atoms with Gasteiger partial charge in [-0.1, -0.05) is 26.0 Å². The van der Waals surface area contributed by atoms with Crippen molar-refractivity contribution in [2.45, 2.75) is 26.7 Å². The number of carbonyl (C=O) groups excluding carboxylic acids is 1. The Balaban J connectivity index is 1.56. The second kappa shape index (κ2) is 8.99. The van der Waals surface area contributed by atoms with Crippen LogP contribution in [0.25, 0.3) is 0 Å². The molecule has 28 heavy (non-hydrogen) atoms. The lowest BCUT2D eigenvalue weighted by atomic mass is 10.0. The van der Waals surface area contributed by atoms with Gasteiger partial charge in [-0.25, -0.2) is 9.97 Å². The predicted molar refractivity (Wildman–Crippen MR) is 108 cm³/mol. The van der Waals surface area contributed by atoms with Gasteiger partial charge >= 0.3 is 6.01 Å². The van der Waals surface area contributed by atoms with E-state index in [-0.39, 0.29) is 18.5 Å². The van der Waals surface area contributed by atoms with Crippen molar-refractivity contribution in [1.82, 2.24) is 9.97 Å². The maximum absolute atomic E-state index is 12.2. The van der Waals surface area contributed by atoms with Crippen molar-refractivity contribution in [2.75, 3.05) is 11.9 Å². The monoisotopic (exact) mass is 377 g/mol. The molecule has 0 fully saturated rings. The second-order valence-electron chi connectivity index (χ2n) is 6.69. The molecule has 3 aromatic rings. The summed E-state index contributed by atoms with van der Waals surface area (Å²) in [5.41, 5.74) is 2.84. The van der Waals surface area contributed by atoms with Crippen LogP contribution in [-0.4, -0.2) is 22.5 Å². The molecule has 0 aliphatic carbocycles. The van der Waals surface area contributed by atoms with Crippen molar-refractivity contribution < 1.29 is 14.3 Å². The van der Waals surface area contributed by atoms with E-state index in [4.69, 9.17) is 9.47 Å². The lowest BCUT2D eigenvalue weighted by molar-refractivity contribution is -0.118. The molecule has 1 aromatic heterocycles. The molecule has 2 aromatic carbocycles. The average molecular weight is 377 g/mol. The molecule has 6 heteroatoms. The molecule has 0 saturated heterocycles. The van der Waals surface area contributed by atoms with Crippen molar-refractivity contribution >= 4 is 11.6 Å². The second-order valence-corrected chi connectivity index (χ2v) is 6.69. The molecule has 0 aliphatic rings. The van der Waals surface area contributed by atoms with Crippen LogP contribution in [0.3, 0.4) is 0 Å². The molecule has 1 amide bonds. The van der Waals surface area contributed by atoms with E-state index in [1.165, 1.54) is 0 Å². The normalized spacial score (nSPS) is 10.6. The summed E-state index contributed by atoms with van der Waals surface area (Å²) in [6, 6.07) is 15.0. The molecule has 1 heterocycles. The average Bonchev–Trinajstić information content (AvgIpc) is 2.68. The number of benzene rings is 2. The Morgan fingerprint density at radius 3 is 2.46 bits per heavy atom. The molecule has 1 N–H and O–H groups in total. The van der Waals surface area contributed by atoms with Gasteiger partial charge in [-0.05, 0) is 60.4 Å². The molecule has 0 spiro atoms. The summed E-state index contributed by atoms with van der Waals surface area (Å²) in [4.78, 5) is 20.2. The number of aryl methyl sites for hydroxylation is 1. The predicted octanol–water partition coefficient (Wildman–Crippen LogP) is 4.72. The lowest BCUT2D eigenvalue weighted by Gasteiger charge is -2.15. The number of aromatic nitrogens is 2. The summed E-state index contributed by atoms with van der Waals surface area (Å²) < 4.78 is 11.3. The van der Waals surface area contributed by atoms with Crippen LogP contribution in [0.5, 0.6) is 17.5 Å². The lowest BCUT2D eigenvalue weighted by Crippen LogP contribution is -2.20. The summed E-state index contributed by atoms with van der Waals surface area (Å²) in [6.07, 6.45) is 3.21.